The molecule has 0 aliphatic rings. The van der Waals surface area contributed by atoms with Crippen molar-refractivity contribution in [1.29, 1.82) is 0 Å². The van der Waals surface area contributed by atoms with Crippen LogP contribution in [0.25, 0.3) is 0 Å². The topological polar surface area (TPSA) is 81.4 Å². The molecule has 0 spiro atoms. The van der Waals surface area contributed by atoms with Crippen LogP contribution >= 0.6 is 0 Å². The molecule has 0 aliphatic carbocycles. The molecular formula is C12H17F3N2O3S. The molecule has 0 aliphatic heterocycles. The molecule has 0 atom stereocenters. The molecule has 0 amide bonds. The third-order valence-electron chi connectivity index (χ3n) is 2.68. The fourth-order valence-corrected chi connectivity index (χ4v) is 2.86. The van der Waals surface area contributed by atoms with E-state index < -0.39 is 22.6 Å². The number of rotatable bonds is 7. The van der Waals surface area contributed by atoms with Crippen molar-refractivity contribution < 1.29 is 26.3 Å². The number of ether oxygens (including phenoxy) is 1. The molecular weight excluding hydrogens is 309 g/mol. The van der Waals surface area contributed by atoms with Crippen LogP contribution < -0.4 is 15.2 Å². The molecule has 1 aromatic rings. The third kappa shape index (κ3) is 5.52. The van der Waals surface area contributed by atoms with Crippen LogP contribution in [0.5, 0.6) is 5.75 Å². The smallest absolute Gasteiger partial charge is 0.389 e. The van der Waals surface area contributed by atoms with Crippen LogP contribution in [-0.2, 0) is 16.6 Å². The Bertz CT molecular complexity index is 574. The normalized spacial score (nSPS) is 12.4. The van der Waals surface area contributed by atoms with E-state index in [4.69, 9.17) is 10.5 Å². The number of alkyl halides is 3. The Morgan fingerprint density at radius 3 is 2.52 bits per heavy atom. The van der Waals surface area contributed by atoms with E-state index in [-0.39, 0.29) is 30.2 Å². The van der Waals surface area contributed by atoms with Gasteiger partial charge in [-0.25, -0.2) is 13.1 Å². The van der Waals surface area contributed by atoms with Crippen LogP contribution in [0.4, 0.5) is 13.2 Å². The Morgan fingerprint density at radius 1 is 1.33 bits per heavy atom. The first kappa shape index (κ1) is 17.7. The van der Waals surface area contributed by atoms with E-state index >= 15 is 0 Å². The molecule has 0 aromatic heterocycles. The highest BCUT2D eigenvalue weighted by atomic mass is 32.2. The van der Waals surface area contributed by atoms with Gasteiger partial charge in [0.25, 0.3) is 0 Å². The number of sulfonamides is 1. The SMILES string of the molecule is COc1cc(CN)ccc1S(=O)(=O)NCCCC(F)(F)F. The van der Waals surface area contributed by atoms with Gasteiger partial charge < -0.3 is 10.5 Å². The summed E-state index contributed by atoms with van der Waals surface area (Å²) < 4.78 is 67.1. The number of halogens is 3. The molecule has 0 unspecified atom stereocenters. The number of hydrogen-bond donors (Lipinski definition) is 2. The van der Waals surface area contributed by atoms with E-state index in [0.29, 0.717) is 5.56 Å². The minimum atomic E-state index is -4.30. The molecule has 0 saturated carbocycles. The summed E-state index contributed by atoms with van der Waals surface area (Å²) in [7, 11) is -2.63. The number of nitrogens with one attached hydrogen (secondary N) is 1. The van der Waals surface area contributed by atoms with Crippen molar-refractivity contribution in [3.8, 4) is 5.75 Å². The van der Waals surface area contributed by atoms with Gasteiger partial charge in [-0.1, -0.05) is 6.07 Å². The van der Waals surface area contributed by atoms with Gasteiger partial charge >= 0.3 is 6.18 Å². The van der Waals surface area contributed by atoms with Gasteiger partial charge in [-0.15, -0.1) is 0 Å². The lowest BCUT2D eigenvalue weighted by atomic mass is 10.2. The van der Waals surface area contributed by atoms with Gasteiger partial charge in [0.1, 0.15) is 10.6 Å². The first-order valence-corrected chi connectivity index (χ1v) is 7.61. The molecule has 3 N–H and O–H groups in total. The van der Waals surface area contributed by atoms with Crippen molar-refractivity contribution in [1.82, 2.24) is 4.72 Å². The first-order valence-electron chi connectivity index (χ1n) is 6.13. The Hall–Kier alpha value is -1.32. The van der Waals surface area contributed by atoms with Crippen LogP contribution in [0, 0.1) is 0 Å². The predicted molar refractivity (Wildman–Crippen MR) is 71.4 cm³/mol. The molecule has 0 radical (unpaired) electrons. The molecule has 9 heteroatoms. The number of benzene rings is 1. The zero-order chi connectivity index (χ0) is 16.1. The van der Waals surface area contributed by atoms with Crippen molar-refractivity contribution in [2.75, 3.05) is 13.7 Å². The standard InChI is InChI=1S/C12H17F3N2O3S/c1-20-10-7-9(8-16)3-4-11(10)21(18,19)17-6-2-5-12(13,14)15/h3-4,7,17H,2,5-6,8,16H2,1H3. The second-order valence-corrected chi connectivity index (χ2v) is 6.04. The predicted octanol–water partition coefficient (Wildman–Crippen LogP) is 1.77. The van der Waals surface area contributed by atoms with Crippen LogP contribution in [0.2, 0.25) is 0 Å². The lowest BCUT2D eigenvalue weighted by Gasteiger charge is -2.12. The molecule has 0 bridgehead atoms. The van der Waals surface area contributed by atoms with Gasteiger partial charge in [-0.05, 0) is 24.1 Å². The molecule has 21 heavy (non-hydrogen) atoms. The van der Waals surface area contributed by atoms with Crippen molar-refractivity contribution in [3.05, 3.63) is 23.8 Å². The lowest BCUT2D eigenvalue weighted by Crippen LogP contribution is -2.26. The maximum atomic E-state index is 12.0. The molecule has 0 saturated heterocycles. The van der Waals surface area contributed by atoms with Gasteiger partial charge in [0.15, 0.2) is 0 Å². The van der Waals surface area contributed by atoms with E-state index in [0.717, 1.165) is 0 Å². The molecule has 5 nitrogen and oxygen atoms in total. The summed E-state index contributed by atoms with van der Waals surface area (Å²) in [6.07, 6.45) is -5.67. The zero-order valence-corrected chi connectivity index (χ0v) is 12.2. The minimum absolute atomic E-state index is 0.0984. The highest BCUT2D eigenvalue weighted by molar-refractivity contribution is 7.89. The van der Waals surface area contributed by atoms with E-state index in [1.165, 1.54) is 25.3 Å². The summed E-state index contributed by atoms with van der Waals surface area (Å²) in [6, 6.07) is 4.31. The molecule has 0 heterocycles. The quantitative estimate of drug-likeness (QED) is 0.748. The van der Waals surface area contributed by atoms with E-state index in [1.807, 2.05) is 0 Å². The summed E-state index contributed by atoms with van der Waals surface area (Å²) in [5.41, 5.74) is 6.13. The van der Waals surface area contributed by atoms with Crippen molar-refractivity contribution >= 4 is 10.0 Å². The maximum absolute atomic E-state index is 12.0. The first-order chi connectivity index (χ1) is 9.69. The van der Waals surface area contributed by atoms with E-state index in [9.17, 15) is 21.6 Å². The van der Waals surface area contributed by atoms with E-state index in [2.05, 4.69) is 4.72 Å². The second kappa shape index (κ2) is 7.10. The Kier molecular flexibility index (Phi) is 5.99. The summed E-state index contributed by atoms with van der Waals surface area (Å²) in [4.78, 5) is -0.130. The lowest BCUT2D eigenvalue weighted by molar-refractivity contribution is -0.135. The van der Waals surface area contributed by atoms with Crippen LogP contribution in [-0.4, -0.2) is 28.2 Å². The number of nitrogens with two attached hydrogens (primary N) is 1. The van der Waals surface area contributed by atoms with Crippen molar-refractivity contribution in [3.63, 3.8) is 0 Å². The van der Waals surface area contributed by atoms with Crippen LogP contribution in [0.15, 0.2) is 23.1 Å². The van der Waals surface area contributed by atoms with Gasteiger partial charge in [-0.3, -0.25) is 0 Å². The van der Waals surface area contributed by atoms with Crippen molar-refractivity contribution in [2.45, 2.75) is 30.5 Å². The third-order valence-corrected chi connectivity index (χ3v) is 4.18. The molecule has 120 valence electrons. The second-order valence-electron chi connectivity index (χ2n) is 4.31. The number of methoxy groups -OCH3 is 1. The maximum Gasteiger partial charge on any atom is 0.389 e. The van der Waals surface area contributed by atoms with E-state index in [1.54, 1.807) is 0 Å². The fourth-order valence-electron chi connectivity index (χ4n) is 1.63. The summed E-state index contributed by atoms with van der Waals surface area (Å²) in [6.45, 7) is -0.0840. The summed E-state index contributed by atoms with van der Waals surface area (Å²) >= 11 is 0. The average molecular weight is 326 g/mol. The van der Waals surface area contributed by atoms with Crippen LogP contribution in [0.3, 0.4) is 0 Å². The van der Waals surface area contributed by atoms with Gasteiger partial charge in [0, 0.05) is 19.5 Å². The molecule has 1 rings (SSSR count). The number of hydrogen-bond acceptors (Lipinski definition) is 4. The van der Waals surface area contributed by atoms with Gasteiger partial charge in [-0.2, -0.15) is 13.2 Å². The largest absolute Gasteiger partial charge is 0.495 e. The summed E-state index contributed by atoms with van der Waals surface area (Å²) in [5, 5.41) is 0. The Labute approximate surface area is 121 Å². The highest BCUT2D eigenvalue weighted by Gasteiger charge is 2.26. The highest BCUT2D eigenvalue weighted by Crippen LogP contribution is 2.25. The van der Waals surface area contributed by atoms with Crippen molar-refractivity contribution in [2.24, 2.45) is 5.73 Å². The minimum Gasteiger partial charge on any atom is -0.495 e. The average Bonchev–Trinajstić information content (AvgIpc) is 2.42. The Balaban J connectivity index is 2.79. The van der Waals surface area contributed by atoms with Gasteiger partial charge in [0.05, 0.1) is 7.11 Å². The molecule has 0 fully saturated rings. The fraction of sp³-hybridized carbons (Fsp3) is 0.500. The molecule has 1 aromatic carbocycles. The Morgan fingerprint density at radius 2 is 2.00 bits per heavy atom. The zero-order valence-electron chi connectivity index (χ0n) is 11.4. The monoisotopic (exact) mass is 326 g/mol. The summed E-state index contributed by atoms with van der Waals surface area (Å²) in [5.74, 6) is 0.0984. The van der Waals surface area contributed by atoms with Gasteiger partial charge in [0.2, 0.25) is 10.0 Å². The van der Waals surface area contributed by atoms with Crippen LogP contribution in [0.1, 0.15) is 18.4 Å².